The number of nitrogens with zero attached hydrogens (tertiary/aromatic N) is 1. The highest BCUT2D eigenvalue weighted by atomic mass is 19.4. The van der Waals surface area contributed by atoms with Crippen molar-refractivity contribution < 1.29 is 42.1 Å². The molecule has 0 aromatic heterocycles. The fourth-order valence-electron chi connectivity index (χ4n) is 4.78. The molecule has 2 atom stereocenters. The van der Waals surface area contributed by atoms with E-state index in [4.69, 9.17) is 14.2 Å². The van der Waals surface area contributed by atoms with Crippen LogP contribution in [0.15, 0.2) is 48.6 Å². The van der Waals surface area contributed by atoms with Crippen molar-refractivity contribution in [3.8, 4) is 17.2 Å². The average Bonchev–Trinajstić information content (AvgIpc) is 3.17. The van der Waals surface area contributed by atoms with Gasteiger partial charge in [0.1, 0.15) is 31.1 Å². The number of carbonyl (C=O) groups is 2. The normalized spacial score (nSPS) is 20.5. The number of carbonyl (C=O) groups excluding carboxylic acids is 2. The molecule has 1 fully saturated rings. The highest BCUT2D eigenvalue weighted by Crippen LogP contribution is 2.40. The second-order valence-corrected chi connectivity index (χ2v) is 9.89. The van der Waals surface area contributed by atoms with Crippen LogP contribution in [0.3, 0.4) is 0 Å². The number of hydrogen-bond acceptors (Lipinski definition) is 6. The van der Waals surface area contributed by atoms with E-state index in [2.05, 4.69) is 5.32 Å². The molecule has 2 aliphatic heterocycles. The molecule has 0 aliphatic carbocycles. The van der Waals surface area contributed by atoms with Gasteiger partial charge in [0.05, 0.1) is 0 Å². The lowest BCUT2D eigenvalue weighted by molar-refractivity contribution is -0.258. The fourth-order valence-corrected chi connectivity index (χ4v) is 4.78. The maximum Gasteiger partial charge on any atom is 0.421 e. The number of aryl methyl sites for hydroxylation is 1. The minimum Gasteiger partial charge on any atom is -0.489 e. The first kappa shape index (κ1) is 29.3. The third-order valence-electron chi connectivity index (χ3n) is 7.22. The van der Waals surface area contributed by atoms with Crippen molar-refractivity contribution in [1.82, 2.24) is 10.2 Å². The van der Waals surface area contributed by atoms with Crippen LogP contribution in [0.25, 0.3) is 0 Å². The Morgan fingerprint density at radius 1 is 1.07 bits per heavy atom. The summed E-state index contributed by atoms with van der Waals surface area (Å²) in [6.07, 6.45) is -0.113. The average molecular weight is 563 g/mol. The molecule has 2 N–H and O–H groups in total. The van der Waals surface area contributed by atoms with Crippen molar-refractivity contribution >= 4 is 11.9 Å². The Bertz CT molecular complexity index is 1290. The largest absolute Gasteiger partial charge is 0.489 e. The Morgan fingerprint density at radius 2 is 1.80 bits per heavy atom. The summed E-state index contributed by atoms with van der Waals surface area (Å²) in [5, 5.41) is 12.9. The molecular formula is C29H33F3N2O6. The van der Waals surface area contributed by atoms with Crippen molar-refractivity contribution in [2.45, 2.75) is 57.3 Å². The Morgan fingerprint density at radius 3 is 2.48 bits per heavy atom. The van der Waals surface area contributed by atoms with E-state index in [-0.39, 0.29) is 24.6 Å². The Hall–Kier alpha value is -3.73. The second kappa shape index (κ2) is 11.4. The molecule has 1 saturated heterocycles. The molecule has 0 saturated carbocycles. The third-order valence-corrected chi connectivity index (χ3v) is 7.22. The smallest absolute Gasteiger partial charge is 0.421 e. The maximum absolute atomic E-state index is 13.4. The van der Waals surface area contributed by atoms with Gasteiger partial charge in [-0.25, -0.2) is 4.79 Å². The third kappa shape index (κ3) is 5.47. The lowest BCUT2D eigenvalue weighted by atomic mass is 9.87. The number of urea groups is 1. The molecule has 8 nitrogen and oxygen atoms in total. The number of hydrogen-bond donors (Lipinski definition) is 2. The standard InChI is InChI=1S/C29H33F3N2O6/c1-4-8-19-17-20(27(3,37)29(30,31)32)9-11-22(19)38-14-7-6-13-34-25(35)28(5-2,33-26(34)36)21-10-12-23-24(18-21)40-16-15-39-23/h6-7,9-12,17-18,37H,4-5,8,13-16H2,1-3H3,(H,33,36)/b7-6+. The van der Waals surface area contributed by atoms with E-state index in [1.54, 1.807) is 30.4 Å². The number of fused-ring (bicyclic) bond motifs is 1. The Kier molecular flexibility index (Phi) is 8.34. The zero-order chi connectivity index (χ0) is 29.1. The first-order chi connectivity index (χ1) is 18.9. The summed E-state index contributed by atoms with van der Waals surface area (Å²) in [5.41, 5.74) is -3.33. The first-order valence-electron chi connectivity index (χ1n) is 13.2. The van der Waals surface area contributed by atoms with Gasteiger partial charge in [-0.1, -0.05) is 38.5 Å². The van der Waals surface area contributed by atoms with Crippen molar-refractivity contribution in [3.05, 3.63) is 65.2 Å². The number of amides is 3. The van der Waals surface area contributed by atoms with Crippen LogP contribution in [0.5, 0.6) is 17.2 Å². The molecule has 11 heteroatoms. The highest BCUT2D eigenvalue weighted by molar-refractivity contribution is 6.07. The van der Waals surface area contributed by atoms with E-state index in [1.165, 1.54) is 18.2 Å². The molecular weight excluding hydrogens is 529 g/mol. The molecule has 3 amide bonds. The van der Waals surface area contributed by atoms with E-state index in [0.717, 1.165) is 11.8 Å². The number of nitrogens with one attached hydrogen (secondary N) is 1. The zero-order valence-electron chi connectivity index (χ0n) is 22.6. The Balaban J connectivity index is 1.42. The van der Waals surface area contributed by atoms with Gasteiger partial charge in [0.2, 0.25) is 0 Å². The zero-order valence-corrected chi connectivity index (χ0v) is 22.6. The van der Waals surface area contributed by atoms with Crippen LogP contribution in [0.2, 0.25) is 0 Å². The quantitative estimate of drug-likeness (QED) is 0.314. The van der Waals surface area contributed by atoms with Crippen LogP contribution in [-0.4, -0.2) is 54.5 Å². The number of rotatable bonds is 10. The van der Waals surface area contributed by atoms with Gasteiger partial charge in [-0.2, -0.15) is 13.2 Å². The van der Waals surface area contributed by atoms with Crippen molar-refractivity contribution in [2.24, 2.45) is 0 Å². The molecule has 0 radical (unpaired) electrons. The summed E-state index contributed by atoms with van der Waals surface area (Å²) in [7, 11) is 0. The summed E-state index contributed by atoms with van der Waals surface area (Å²) in [6.45, 7) is 5.33. The minimum absolute atomic E-state index is 0.00946. The van der Waals surface area contributed by atoms with Gasteiger partial charge in [-0.15, -0.1) is 0 Å². The molecule has 2 aromatic rings. The lowest BCUT2D eigenvalue weighted by Crippen LogP contribution is -2.43. The number of alkyl halides is 3. The summed E-state index contributed by atoms with van der Waals surface area (Å²) < 4.78 is 56.8. The predicted molar refractivity (Wildman–Crippen MR) is 140 cm³/mol. The van der Waals surface area contributed by atoms with E-state index in [0.29, 0.717) is 60.9 Å². The summed E-state index contributed by atoms with van der Waals surface area (Å²) in [4.78, 5) is 27.3. The van der Waals surface area contributed by atoms with Gasteiger partial charge in [-0.05, 0) is 66.8 Å². The lowest BCUT2D eigenvalue weighted by Gasteiger charge is -2.27. The number of ether oxygens (including phenoxy) is 3. The van der Waals surface area contributed by atoms with Crippen molar-refractivity contribution in [2.75, 3.05) is 26.4 Å². The number of benzene rings is 2. The van der Waals surface area contributed by atoms with Crippen LogP contribution in [0, 0.1) is 0 Å². The first-order valence-corrected chi connectivity index (χ1v) is 13.2. The number of imide groups is 1. The van der Waals surface area contributed by atoms with Gasteiger partial charge in [0.15, 0.2) is 17.1 Å². The summed E-state index contributed by atoms with van der Waals surface area (Å²) >= 11 is 0. The topological polar surface area (TPSA) is 97.3 Å². The molecule has 4 rings (SSSR count). The molecule has 40 heavy (non-hydrogen) atoms. The van der Waals surface area contributed by atoms with E-state index in [1.807, 2.05) is 13.8 Å². The number of halogens is 3. The summed E-state index contributed by atoms with van der Waals surface area (Å²) in [5.74, 6) is 1.11. The van der Waals surface area contributed by atoms with Gasteiger partial charge in [0, 0.05) is 6.54 Å². The van der Waals surface area contributed by atoms with E-state index >= 15 is 0 Å². The van der Waals surface area contributed by atoms with Crippen LogP contribution in [-0.2, 0) is 22.4 Å². The highest BCUT2D eigenvalue weighted by Gasteiger charge is 2.52. The molecule has 216 valence electrons. The molecule has 2 unspecified atom stereocenters. The predicted octanol–water partition coefficient (Wildman–Crippen LogP) is 4.97. The van der Waals surface area contributed by atoms with Crippen molar-refractivity contribution in [3.63, 3.8) is 0 Å². The van der Waals surface area contributed by atoms with Gasteiger partial charge in [0.25, 0.3) is 5.91 Å². The van der Waals surface area contributed by atoms with E-state index < -0.39 is 23.3 Å². The van der Waals surface area contributed by atoms with Gasteiger partial charge >= 0.3 is 12.2 Å². The van der Waals surface area contributed by atoms with Gasteiger partial charge < -0.3 is 24.6 Å². The van der Waals surface area contributed by atoms with Crippen LogP contribution >= 0.6 is 0 Å². The fraction of sp³-hybridized carbons (Fsp3) is 0.448. The van der Waals surface area contributed by atoms with Crippen LogP contribution in [0.1, 0.15) is 50.3 Å². The van der Waals surface area contributed by atoms with E-state index in [9.17, 15) is 27.9 Å². The molecule has 2 heterocycles. The molecule has 0 bridgehead atoms. The van der Waals surface area contributed by atoms with Crippen molar-refractivity contribution in [1.29, 1.82) is 0 Å². The monoisotopic (exact) mass is 562 g/mol. The second-order valence-electron chi connectivity index (χ2n) is 9.89. The van der Waals surface area contributed by atoms with Crippen LogP contribution < -0.4 is 19.5 Å². The molecule has 0 spiro atoms. The summed E-state index contributed by atoms with van der Waals surface area (Å²) in [6, 6.07) is 8.59. The van der Waals surface area contributed by atoms with Gasteiger partial charge in [-0.3, -0.25) is 9.69 Å². The van der Waals surface area contributed by atoms with Crippen LogP contribution in [0.4, 0.5) is 18.0 Å². The molecule has 2 aromatic carbocycles. The molecule has 2 aliphatic rings. The minimum atomic E-state index is -4.82. The number of aliphatic hydroxyl groups is 1. The maximum atomic E-state index is 13.4. The Labute approximate surface area is 230 Å². The SMILES string of the molecule is CCCc1cc(C(C)(O)C(F)(F)F)ccc1OC/C=C/CN1C(=O)NC(CC)(c2ccc3c(c2)OCCO3)C1=O.